The lowest BCUT2D eigenvalue weighted by molar-refractivity contribution is 0.313. The zero-order valence-corrected chi connectivity index (χ0v) is 16.5. The van der Waals surface area contributed by atoms with Crippen molar-refractivity contribution in [1.82, 2.24) is 0 Å². The van der Waals surface area contributed by atoms with Crippen molar-refractivity contribution >= 4 is 10.1 Å². The van der Waals surface area contributed by atoms with Crippen LogP contribution in [0, 0.1) is 0 Å². The van der Waals surface area contributed by atoms with Crippen molar-refractivity contribution in [2.24, 2.45) is 0 Å². The van der Waals surface area contributed by atoms with Crippen molar-refractivity contribution in [1.29, 1.82) is 0 Å². The predicted molar refractivity (Wildman–Crippen MR) is 105 cm³/mol. The van der Waals surface area contributed by atoms with Gasteiger partial charge in [-0.3, -0.25) is 4.18 Å². The van der Waals surface area contributed by atoms with Crippen LogP contribution in [-0.2, 0) is 14.3 Å². The summed E-state index contributed by atoms with van der Waals surface area (Å²) in [5.74, 6) is 0. The first-order valence-electron chi connectivity index (χ1n) is 9.76. The Morgan fingerprint density at radius 3 is 2.00 bits per heavy atom. The molecule has 0 unspecified atom stereocenters. The van der Waals surface area contributed by atoms with Gasteiger partial charge in [0.1, 0.15) is 0 Å². The molecule has 142 valence electrons. The van der Waals surface area contributed by atoms with E-state index in [9.17, 15) is 8.42 Å². The normalized spacial score (nSPS) is 12.0. The van der Waals surface area contributed by atoms with Gasteiger partial charge in [0.05, 0.1) is 11.5 Å². The largest absolute Gasteiger partial charge is 0.296 e. The van der Waals surface area contributed by atoms with Gasteiger partial charge in [-0.1, -0.05) is 82.2 Å². The van der Waals surface area contributed by atoms with Gasteiger partial charge in [-0.15, -0.1) is 0 Å². The van der Waals surface area contributed by atoms with Crippen LogP contribution >= 0.6 is 0 Å². The molecule has 25 heavy (non-hydrogen) atoms. The molecule has 0 saturated heterocycles. The van der Waals surface area contributed by atoms with Crippen LogP contribution in [0.2, 0.25) is 0 Å². The molecule has 0 atom stereocenters. The topological polar surface area (TPSA) is 43.4 Å². The number of unbranched alkanes of at least 4 members (excludes halogenated alkanes) is 9. The average molecular weight is 367 g/mol. The van der Waals surface area contributed by atoms with Crippen LogP contribution in [0.15, 0.2) is 47.4 Å². The number of benzene rings is 1. The van der Waals surface area contributed by atoms with Crippen LogP contribution < -0.4 is 0 Å². The first-order chi connectivity index (χ1) is 12.2. The van der Waals surface area contributed by atoms with E-state index in [2.05, 4.69) is 19.1 Å². The first-order valence-corrected chi connectivity index (χ1v) is 11.2. The van der Waals surface area contributed by atoms with E-state index in [1.54, 1.807) is 30.3 Å². The lowest BCUT2D eigenvalue weighted by Crippen LogP contribution is -2.07. The quantitative estimate of drug-likeness (QED) is 0.209. The summed E-state index contributed by atoms with van der Waals surface area (Å²) in [6.07, 6.45) is 17.8. The lowest BCUT2D eigenvalue weighted by Gasteiger charge is -2.04. The van der Waals surface area contributed by atoms with Crippen molar-refractivity contribution in [3.05, 3.63) is 42.5 Å². The van der Waals surface area contributed by atoms with E-state index >= 15 is 0 Å². The minimum Gasteiger partial charge on any atom is -0.266 e. The smallest absolute Gasteiger partial charge is 0.266 e. The molecule has 0 heterocycles. The molecular formula is C21H34O3S. The maximum Gasteiger partial charge on any atom is 0.296 e. The van der Waals surface area contributed by atoms with Crippen LogP contribution in [0.3, 0.4) is 0 Å². The summed E-state index contributed by atoms with van der Waals surface area (Å²) in [7, 11) is -3.60. The molecule has 0 aromatic heterocycles. The second-order valence-electron chi connectivity index (χ2n) is 6.47. The highest BCUT2D eigenvalue weighted by Crippen LogP contribution is 2.12. The Balaban J connectivity index is 1.97. The summed E-state index contributed by atoms with van der Waals surface area (Å²) in [5.41, 5.74) is 0. The van der Waals surface area contributed by atoms with Gasteiger partial charge in [-0.05, 0) is 37.8 Å². The second kappa shape index (κ2) is 14.1. The van der Waals surface area contributed by atoms with Crippen molar-refractivity contribution in [3.8, 4) is 0 Å². The van der Waals surface area contributed by atoms with E-state index < -0.39 is 10.1 Å². The SMILES string of the molecule is CCCCCCCCCC/C=C\CCCOS(=O)(=O)c1ccccc1. The maximum absolute atomic E-state index is 11.9. The number of rotatable bonds is 15. The zero-order valence-electron chi connectivity index (χ0n) is 15.7. The van der Waals surface area contributed by atoms with Gasteiger partial charge >= 0.3 is 0 Å². The lowest BCUT2D eigenvalue weighted by atomic mass is 10.1. The highest BCUT2D eigenvalue weighted by Gasteiger charge is 2.13. The zero-order chi connectivity index (χ0) is 18.2. The van der Waals surface area contributed by atoms with Crippen molar-refractivity contribution in [2.45, 2.75) is 82.4 Å². The van der Waals surface area contributed by atoms with E-state index in [1.807, 2.05) is 0 Å². The Morgan fingerprint density at radius 2 is 1.36 bits per heavy atom. The molecule has 0 radical (unpaired) electrons. The Hall–Kier alpha value is -1.13. The van der Waals surface area contributed by atoms with Crippen molar-refractivity contribution < 1.29 is 12.6 Å². The third-order valence-corrected chi connectivity index (χ3v) is 5.50. The molecule has 1 aromatic rings. The molecule has 0 spiro atoms. The highest BCUT2D eigenvalue weighted by atomic mass is 32.2. The Bertz CT molecular complexity index is 550. The van der Waals surface area contributed by atoms with Gasteiger partial charge in [0.25, 0.3) is 10.1 Å². The number of hydrogen-bond acceptors (Lipinski definition) is 3. The van der Waals surface area contributed by atoms with Gasteiger partial charge in [-0.25, -0.2) is 0 Å². The molecular weight excluding hydrogens is 332 g/mol. The van der Waals surface area contributed by atoms with Crippen LogP contribution in [-0.4, -0.2) is 15.0 Å². The fraction of sp³-hybridized carbons (Fsp3) is 0.619. The predicted octanol–water partition coefficient (Wildman–Crippen LogP) is 6.26. The standard InChI is InChI=1S/C21H34O3S/c1-2-3-4-5-6-7-8-9-10-11-12-13-17-20-24-25(22,23)21-18-15-14-16-19-21/h11-12,14-16,18-19H,2-10,13,17,20H2,1H3/b12-11-. The molecule has 0 fully saturated rings. The molecule has 0 bridgehead atoms. The first kappa shape index (κ1) is 21.9. The number of allylic oxidation sites excluding steroid dienone is 2. The Morgan fingerprint density at radius 1 is 0.800 bits per heavy atom. The third kappa shape index (κ3) is 11.2. The van der Waals surface area contributed by atoms with E-state index in [4.69, 9.17) is 4.18 Å². The molecule has 0 aliphatic heterocycles. The Kier molecular flexibility index (Phi) is 12.3. The van der Waals surface area contributed by atoms with Crippen LogP contribution in [0.4, 0.5) is 0 Å². The molecule has 0 amide bonds. The summed E-state index contributed by atoms with van der Waals surface area (Å²) in [4.78, 5) is 0.222. The molecule has 4 heteroatoms. The molecule has 0 saturated carbocycles. The van der Waals surface area contributed by atoms with Crippen LogP contribution in [0.1, 0.15) is 77.6 Å². The van der Waals surface area contributed by atoms with E-state index in [1.165, 1.54) is 51.4 Å². The Labute approximate surface area is 154 Å². The third-order valence-electron chi connectivity index (χ3n) is 4.18. The van der Waals surface area contributed by atoms with E-state index in [0.717, 1.165) is 19.3 Å². The van der Waals surface area contributed by atoms with E-state index in [0.29, 0.717) is 0 Å². The van der Waals surface area contributed by atoms with Gasteiger partial charge in [0, 0.05) is 0 Å². The molecule has 3 nitrogen and oxygen atoms in total. The van der Waals surface area contributed by atoms with Crippen LogP contribution in [0.5, 0.6) is 0 Å². The van der Waals surface area contributed by atoms with E-state index in [-0.39, 0.29) is 11.5 Å². The fourth-order valence-corrected chi connectivity index (χ4v) is 3.62. The molecule has 0 N–H and O–H groups in total. The van der Waals surface area contributed by atoms with Gasteiger partial charge in [-0.2, -0.15) is 8.42 Å². The number of hydrogen-bond donors (Lipinski definition) is 0. The van der Waals surface area contributed by atoms with Gasteiger partial charge < -0.3 is 0 Å². The van der Waals surface area contributed by atoms with Gasteiger partial charge in [0.2, 0.25) is 0 Å². The maximum atomic E-state index is 11.9. The molecule has 0 aliphatic carbocycles. The monoisotopic (exact) mass is 366 g/mol. The summed E-state index contributed by atoms with van der Waals surface area (Å²) in [6.45, 7) is 2.49. The van der Waals surface area contributed by atoms with Crippen molar-refractivity contribution in [2.75, 3.05) is 6.61 Å². The molecule has 0 aliphatic rings. The summed E-state index contributed by atoms with van der Waals surface area (Å²) >= 11 is 0. The summed E-state index contributed by atoms with van der Waals surface area (Å²) < 4.78 is 28.9. The highest BCUT2D eigenvalue weighted by molar-refractivity contribution is 7.86. The molecule has 1 aromatic carbocycles. The minimum absolute atomic E-state index is 0.222. The van der Waals surface area contributed by atoms with Crippen LogP contribution in [0.25, 0.3) is 0 Å². The van der Waals surface area contributed by atoms with Crippen molar-refractivity contribution in [3.63, 3.8) is 0 Å². The molecule has 1 rings (SSSR count). The second-order valence-corrected chi connectivity index (χ2v) is 8.08. The minimum atomic E-state index is -3.60. The summed E-state index contributed by atoms with van der Waals surface area (Å²) in [5, 5.41) is 0. The fourth-order valence-electron chi connectivity index (χ4n) is 2.66. The average Bonchev–Trinajstić information content (AvgIpc) is 2.63. The van der Waals surface area contributed by atoms with Gasteiger partial charge in [0.15, 0.2) is 0 Å². The summed E-state index contributed by atoms with van der Waals surface area (Å²) in [6, 6.07) is 8.29.